The Morgan fingerprint density at radius 1 is 1.47 bits per heavy atom. The van der Waals surface area contributed by atoms with Gasteiger partial charge in [-0.2, -0.15) is 5.10 Å². The van der Waals surface area contributed by atoms with Crippen LogP contribution in [0.5, 0.6) is 11.5 Å². The summed E-state index contributed by atoms with van der Waals surface area (Å²) in [6, 6.07) is 4.48. The van der Waals surface area contributed by atoms with E-state index in [0.717, 1.165) is 13.0 Å². The molecule has 102 valence electrons. The highest BCUT2D eigenvalue weighted by Crippen LogP contribution is 2.31. The van der Waals surface area contributed by atoms with Crippen molar-refractivity contribution >= 4 is 0 Å². The molecule has 0 spiro atoms. The van der Waals surface area contributed by atoms with Crippen LogP contribution in [-0.4, -0.2) is 14.9 Å². The van der Waals surface area contributed by atoms with Crippen molar-refractivity contribution in [3.8, 4) is 11.5 Å². The minimum Gasteiger partial charge on any atom is -0.454 e. The molecule has 2 rings (SSSR count). The molecule has 4 nitrogen and oxygen atoms in total. The fourth-order valence-electron chi connectivity index (χ4n) is 1.89. The Morgan fingerprint density at radius 3 is 2.95 bits per heavy atom. The molecule has 0 amide bonds. The Morgan fingerprint density at radius 2 is 2.26 bits per heavy atom. The van der Waals surface area contributed by atoms with Gasteiger partial charge in [-0.1, -0.05) is 13.0 Å². The number of ether oxygens (including phenoxy) is 1. The van der Waals surface area contributed by atoms with E-state index in [4.69, 9.17) is 4.74 Å². The van der Waals surface area contributed by atoms with Gasteiger partial charge in [-0.05, 0) is 25.5 Å². The van der Waals surface area contributed by atoms with Crippen molar-refractivity contribution in [1.29, 1.82) is 0 Å². The predicted octanol–water partition coefficient (Wildman–Crippen LogP) is 3.28. The van der Waals surface area contributed by atoms with E-state index in [1.54, 1.807) is 29.2 Å². The van der Waals surface area contributed by atoms with Gasteiger partial charge in [0, 0.05) is 6.54 Å². The molecular weight excluding hydrogens is 247 g/mol. The second-order valence-electron chi connectivity index (χ2n) is 4.37. The second-order valence-corrected chi connectivity index (χ2v) is 4.37. The molecule has 0 unspecified atom stereocenters. The fraction of sp³-hybridized carbons (Fsp3) is 0.357. The lowest BCUT2D eigenvalue weighted by molar-refractivity contribution is 0.190. The van der Waals surface area contributed by atoms with E-state index in [9.17, 15) is 9.50 Å². The number of benzene rings is 1. The van der Waals surface area contributed by atoms with Gasteiger partial charge in [0.2, 0.25) is 0 Å². The fourth-order valence-corrected chi connectivity index (χ4v) is 1.89. The van der Waals surface area contributed by atoms with Gasteiger partial charge in [-0.3, -0.25) is 4.68 Å². The summed E-state index contributed by atoms with van der Waals surface area (Å²) in [4.78, 5) is 0. The van der Waals surface area contributed by atoms with Crippen LogP contribution in [0.1, 0.15) is 31.9 Å². The molecule has 0 fully saturated rings. The van der Waals surface area contributed by atoms with Crippen molar-refractivity contribution in [2.75, 3.05) is 0 Å². The van der Waals surface area contributed by atoms with E-state index in [0.29, 0.717) is 11.5 Å². The van der Waals surface area contributed by atoms with Crippen LogP contribution in [0.2, 0.25) is 0 Å². The quantitative estimate of drug-likeness (QED) is 0.901. The molecule has 0 aliphatic heterocycles. The highest BCUT2D eigenvalue weighted by Gasteiger charge is 2.15. The molecule has 1 atom stereocenters. The topological polar surface area (TPSA) is 47.3 Å². The highest BCUT2D eigenvalue weighted by atomic mass is 19.1. The third-order valence-electron chi connectivity index (χ3n) is 2.72. The third-order valence-corrected chi connectivity index (χ3v) is 2.72. The number of halogens is 1. The number of aromatic nitrogens is 2. The normalized spacial score (nSPS) is 12.4. The minimum absolute atomic E-state index is 0.158. The van der Waals surface area contributed by atoms with E-state index >= 15 is 0 Å². The van der Waals surface area contributed by atoms with Gasteiger partial charge in [0.05, 0.1) is 24.1 Å². The van der Waals surface area contributed by atoms with Crippen LogP contribution in [0.25, 0.3) is 0 Å². The third kappa shape index (κ3) is 3.12. The van der Waals surface area contributed by atoms with E-state index in [1.807, 2.05) is 0 Å². The molecular formula is C14H17FN2O2. The summed E-state index contributed by atoms with van der Waals surface area (Å²) in [6.45, 7) is 4.36. The SMILES string of the molecule is CCCn1cc(Oc2cccc(F)c2[C@@H](C)O)cn1. The summed E-state index contributed by atoms with van der Waals surface area (Å²) in [7, 11) is 0. The van der Waals surface area contributed by atoms with Crippen molar-refractivity contribution in [3.05, 3.63) is 42.0 Å². The molecule has 1 aromatic carbocycles. The number of hydrogen-bond acceptors (Lipinski definition) is 3. The summed E-state index contributed by atoms with van der Waals surface area (Å²) in [5.74, 6) is 0.362. The lowest BCUT2D eigenvalue weighted by Gasteiger charge is -2.12. The minimum atomic E-state index is -0.929. The van der Waals surface area contributed by atoms with Crippen LogP contribution >= 0.6 is 0 Å². The first kappa shape index (κ1) is 13.5. The van der Waals surface area contributed by atoms with Gasteiger partial charge >= 0.3 is 0 Å². The van der Waals surface area contributed by atoms with Crippen molar-refractivity contribution in [2.24, 2.45) is 0 Å². The Hall–Kier alpha value is -1.88. The average Bonchev–Trinajstić information content (AvgIpc) is 2.76. The zero-order valence-corrected chi connectivity index (χ0v) is 11.0. The van der Waals surface area contributed by atoms with E-state index in [1.165, 1.54) is 13.0 Å². The second kappa shape index (κ2) is 5.84. The number of hydrogen-bond donors (Lipinski definition) is 1. The molecule has 0 radical (unpaired) electrons. The summed E-state index contributed by atoms with van der Waals surface area (Å²) in [5.41, 5.74) is 0.158. The summed E-state index contributed by atoms with van der Waals surface area (Å²) in [6.07, 6.45) is 3.37. The maximum absolute atomic E-state index is 13.7. The number of aliphatic hydroxyl groups is 1. The van der Waals surface area contributed by atoms with Crippen LogP contribution in [0.4, 0.5) is 4.39 Å². The van der Waals surface area contributed by atoms with Crippen LogP contribution in [-0.2, 0) is 6.54 Å². The van der Waals surface area contributed by atoms with Crippen LogP contribution in [0.3, 0.4) is 0 Å². The van der Waals surface area contributed by atoms with Crippen molar-refractivity contribution < 1.29 is 14.2 Å². The number of aryl methyl sites for hydroxylation is 1. The average molecular weight is 264 g/mol. The summed E-state index contributed by atoms with van der Waals surface area (Å²) < 4.78 is 21.0. The number of aliphatic hydroxyl groups excluding tert-OH is 1. The first-order chi connectivity index (χ1) is 9.11. The van der Waals surface area contributed by atoms with Crippen molar-refractivity contribution in [3.63, 3.8) is 0 Å². The maximum atomic E-state index is 13.7. The van der Waals surface area contributed by atoms with Crippen LogP contribution in [0.15, 0.2) is 30.6 Å². The molecule has 1 N–H and O–H groups in total. The van der Waals surface area contributed by atoms with Gasteiger partial charge in [0.15, 0.2) is 5.75 Å². The standard InChI is InChI=1S/C14H17FN2O2/c1-3-7-17-9-11(8-16-17)19-13-6-4-5-12(15)14(13)10(2)18/h4-6,8-10,18H,3,7H2,1-2H3/t10-/m1/s1. The summed E-state index contributed by atoms with van der Waals surface area (Å²) >= 11 is 0. The monoisotopic (exact) mass is 264 g/mol. The molecule has 0 bridgehead atoms. The molecule has 5 heteroatoms. The van der Waals surface area contributed by atoms with Gasteiger partial charge in [-0.15, -0.1) is 0 Å². The predicted molar refractivity (Wildman–Crippen MR) is 69.6 cm³/mol. The van der Waals surface area contributed by atoms with Gasteiger partial charge in [0.1, 0.15) is 11.6 Å². The first-order valence-corrected chi connectivity index (χ1v) is 6.28. The van der Waals surface area contributed by atoms with E-state index < -0.39 is 11.9 Å². The van der Waals surface area contributed by atoms with E-state index in [2.05, 4.69) is 12.0 Å². The molecule has 0 aliphatic rings. The lowest BCUT2D eigenvalue weighted by Crippen LogP contribution is -1.99. The Labute approximate surface area is 111 Å². The lowest BCUT2D eigenvalue weighted by atomic mass is 10.1. The smallest absolute Gasteiger partial charge is 0.165 e. The van der Waals surface area contributed by atoms with Gasteiger partial charge < -0.3 is 9.84 Å². The summed E-state index contributed by atoms with van der Waals surface area (Å²) in [5, 5.41) is 13.7. The van der Waals surface area contributed by atoms with Gasteiger partial charge in [-0.25, -0.2) is 4.39 Å². The molecule has 0 aliphatic carbocycles. The van der Waals surface area contributed by atoms with Gasteiger partial charge in [0.25, 0.3) is 0 Å². The Bertz CT molecular complexity index is 552. The Balaban J connectivity index is 2.25. The molecule has 19 heavy (non-hydrogen) atoms. The zero-order valence-electron chi connectivity index (χ0n) is 11.0. The van der Waals surface area contributed by atoms with Crippen molar-refractivity contribution in [1.82, 2.24) is 9.78 Å². The molecule has 1 heterocycles. The zero-order chi connectivity index (χ0) is 13.8. The van der Waals surface area contributed by atoms with Crippen LogP contribution < -0.4 is 4.74 Å². The number of nitrogens with zero attached hydrogens (tertiary/aromatic N) is 2. The van der Waals surface area contributed by atoms with Crippen molar-refractivity contribution in [2.45, 2.75) is 32.9 Å². The number of rotatable bonds is 5. The molecule has 1 aromatic heterocycles. The van der Waals surface area contributed by atoms with E-state index in [-0.39, 0.29) is 5.56 Å². The Kier molecular flexibility index (Phi) is 4.16. The molecule has 0 saturated heterocycles. The first-order valence-electron chi connectivity index (χ1n) is 6.28. The molecule has 0 saturated carbocycles. The van der Waals surface area contributed by atoms with Crippen LogP contribution in [0, 0.1) is 5.82 Å². The largest absolute Gasteiger partial charge is 0.454 e. The highest BCUT2D eigenvalue weighted by molar-refractivity contribution is 5.39. The maximum Gasteiger partial charge on any atom is 0.165 e. The molecule has 2 aromatic rings.